The first-order valence-corrected chi connectivity index (χ1v) is 7.50. The Morgan fingerprint density at radius 3 is 2.16 bits per heavy atom. The standard InChI is InChI=1S/C13H19O5P/c1-4-7-10-17-19(15,18-11-8-5-2)12-13(14)16-9-6-3/h3-5,7-8H,9-12H2,1-2H3/b7-4+,8-5+. The quantitative estimate of drug-likeness (QED) is 0.282. The summed E-state index contributed by atoms with van der Waals surface area (Å²) in [7, 11) is -3.52. The second kappa shape index (κ2) is 10.6. The molecule has 106 valence electrons. The maximum atomic E-state index is 12.3. The number of carbonyl (C=O) groups excluding carboxylic acids is 1. The molecule has 0 aliphatic carbocycles. The average Bonchev–Trinajstić information content (AvgIpc) is 2.37. The topological polar surface area (TPSA) is 61.8 Å². The maximum absolute atomic E-state index is 12.3. The summed E-state index contributed by atoms with van der Waals surface area (Å²) >= 11 is 0. The van der Waals surface area contributed by atoms with E-state index in [-0.39, 0.29) is 19.8 Å². The molecule has 19 heavy (non-hydrogen) atoms. The summed E-state index contributed by atoms with van der Waals surface area (Å²) in [5, 5.41) is 0. The van der Waals surface area contributed by atoms with Crippen molar-refractivity contribution in [3.05, 3.63) is 24.3 Å². The Kier molecular flexibility index (Phi) is 9.82. The van der Waals surface area contributed by atoms with Crippen LogP contribution in [0.4, 0.5) is 0 Å². The summed E-state index contributed by atoms with van der Waals surface area (Å²) in [4.78, 5) is 11.4. The lowest BCUT2D eigenvalue weighted by molar-refractivity contribution is -0.139. The summed E-state index contributed by atoms with van der Waals surface area (Å²) in [5.41, 5.74) is 0. The number of ether oxygens (including phenoxy) is 1. The molecule has 0 aliphatic heterocycles. The van der Waals surface area contributed by atoms with Gasteiger partial charge in [0, 0.05) is 0 Å². The Bertz CT molecular complexity index is 386. The van der Waals surface area contributed by atoms with E-state index in [0.717, 1.165) is 0 Å². The number of terminal acetylenes is 1. The van der Waals surface area contributed by atoms with Crippen molar-refractivity contribution in [3.8, 4) is 12.3 Å². The fourth-order valence-corrected chi connectivity index (χ4v) is 2.25. The highest BCUT2D eigenvalue weighted by Gasteiger charge is 2.28. The van der Waals surface area contributed by atoms with Gasteiger partial charge in [-0.1, -0.05) is 30.2 Å². The van der Waals surface area contributed by atoms with Crippen molar-refractivity contribution in [1.29, 1.82) is 0 Å². The van der Waals surface area contributed by atoms with E-state index in [2.05, 4.69) is 10.7 Å². The van der Waals surface area contributed by atoms with Crippen LogP contribution < -0.4 is 0 Å². The lowest BCUT2D eigenvalue weighted by Crippen LogP contribution is -2.13. The molecule has 0 saturated carbocycles. The molecule has 0 saturated heterocycles. The zero-order valence-corrected chi connectivity index (χ0v) is 12.1. The third kappa shape index (κ3) is 9.26. The van der Waals surface area contributed by atoms with E-state index in [4.69, 9.17) is 15.5 Å². The first-order chi connectivity index (χ1) is 9.08. The number of rotatable bonds is 9. The average molecular weight is 286 g/mol. The van der Waals surface area contributed by atoms with Crippen molar-refractivity contribution >= 4 is 13.6 Å². The Balaban J connectivity index is 4.50. The van der Waals surface area contributed by atoms with Crippen molar-refractivity contribution in [1.82, 2.24) is 0 Å². The minimum absolute atomic E-state index is 0.103. The second-order valence-electron chi connectivity index (χ2n) is 3.36. The highest BCUT2D eigenvalue weighted by molar-refractivity contribution is 7.54. The van der Waals surface area contributed by atoms with E-state index in [9.17, 15) is 9.36 Å². The predicted octanol–water partition coefficient (Wildman–Crippen LogP) is 2.54. The summed E-state index contributed by atoms with van der Waals surface area (Å²) in [5.74, 6) is 1.45. The monoisotopic (exact) mass is 286 g/mol. The smallest absolute Gasteiger partial charge is 0.342 e. The van der Waals surface area contributed by atoms with Gasteiger partial charge in [0.15, 0.2) is 6.61 Å². The molecule has 0 N–H and O–H groups in total. The van der Waals surface area contributed by atoms with Gasteiger partial charge >= 0.3 is 13.6 Å². The number of hydrogen-bond acceptors (Lipinski definition) is 5. The zero-order valence-electron chi connectivity index (χ0n) is 11.2. The van der Waals surface area contributed by atoms with E-state index in [1.807, 2.05) is 0 Å². The fourth-order valence-electron chi connectivity index (χ4n) is 0.960. The molecule has 0 fully saturated rings. The first-order valence-electron chi connectivity index (χ1n) is 5.77. The molecule has 0 amide bonds. The Morgan fingerprint density at radius 1 is 1.21 bits per heavy atom. The normalized spacial score (nSPS) is 11.8. The molecule has 0 aromatic rings. The van der Waals surface area contributed by atoms with Crippen molar-refractivity contribution < 1.29 is 23.1 Å². The number of hydrogen-bond donors (Lipinski definition) is 0. The SMILES string of the molecule is C#CCOC(=O)CP(=O)(OC/C=C/C)OC/C=C/C. The molecule has 0 aromatic carbocycles. The number of carbonyl (C=O) groups is 1. The molecule has 0 heterocycles. The van der Waals surface area contributed by atoms with Crippen molar-refractivity contribution in [2.45, 2.75) is 13.8 Å². The van der Waals surface area contributed by atoms with E-state index >= 15 is 0 Å². The Morgan fingerprint density at radius 2 is 1.74 bits per heavy atom. The van der Waals surface area contributed by atoms with Crippen LogP contribution in [0, 0.1) is 12.3 Å². The van der Waals surface area contributed by atoms with Crippen molar-refractivity contribution in [2.75, 3.05) is 26.0 Å². The molecule has 0 atom stereocenters. The number of allylic oxidation sites excluding steroid dienone is 2. The van der Waals surface area contributed by atoms with Gasteiger partial charge in [-0.15, -0.1) is 6.42 Å². The van der Waals surface area contributed by atoms with Gasteiger partial charge in [0.1, 0.15) is 6.16 Å². The molecular weight excluding hydrogens is 267 g/mol. The lowest BCUT2D eigenvalue weighted by atomic mass is 10.6. The molecule has 0 rings (SSSR count). The lowest BCUT2D eigenvalue weighted by Gasteiger charge is -2.16. The van der Waals surface area contributed by atoms with E-state index in [1.165, 1.54) is 0 Å². The van der Waals surface area contributed by atoms with Crippen LogP contribution in [-0.2, 0) is 23.1 Å². The van der Waals surface area contributed by atoms with E-state index in [1.54, 1.807) is 38.2 Å². The van der Waals surface area contributed by atoms with Crippen molar-refractivity contribution in [3.63, 3.8) is 0 Å². The minimum atomic E-state index is -3.52. The largest absolute Gasteiger partial charge is 0.452 e. The Labute approximate surface area is 114 Å². The molecule has 5 nitrogen and oxygen atoms in total. The third-order valence-electron chi connectivity index (χ3n) is 1.85. The maximum Gasteiger partial charge on any atom is 0.342 e. The van der Waals surface area contributed by atoms with Crippen LogP contribution in [0.25, 0.3) is 0 Å². The third-order valence-corrected chi connectivity index (χ3v) is 3.58. The van der Waals surface area contributed by atoms with Crippen molar-refractivity contribution in [2.24, 2.45) is 0 Å². The van der Waals surface area contributed by atoms with Gasteiger partial charge in [-0.05, 0) is 13.8 Å². The van der Waals surface area contributed by atoms with Gasteiger partial charge in [-0.3, -0.25) is 9.36 Å². The van der Waals surface area contributed by atoms with Crippen LogP contribution in [0.1, 0.15) is 13.8 Å². The molecule has 0 bridgehead atoms. The van der Waals surface area contributed by atoms with Crippen LogP contribution in [0.2, 0.25) is 0 Å². The van der Waals surface area contributed by atoms with Crippen LogP contribution in [0.3, 0.4) is 0 Å². The minimum Gasteiger partial charge on any atom is -0.452 e. The second-order valence-corrected chi connectivity index (χ2v) is 5.42. The molecular formula is C13H19O5P. The van der Waals surface area contributed by atoms with Gasteiger partial charge in [0.05, 0.1) is 13.2 Å². The van der Waals surface area contributed by atoms with Gasteiger partial charge in [0.2, 0.25) is 0 Å². The van der Waals surface area contributed by atoms with Gasteiger partial charge in [-0.2, -0.15) is 0 Å². The van der Waals surface area contributed by atoms with Gasteiger partial charge in [-0.25, -0.2) is 0 Å². The zero-order chi connectivity index (χ0) is 14.6. The van der Waals surface area contributed by atoms with E-state index < -0.39 is 19.7 Å². The molecule has 0 aromatic heterocycles. The van der Waals surface area contributed by atoms with Crippen LogP contribution >= 0.6 is 7.60 Å². The summed E-state index contributed by atoms with van der Waals surface area (Å²) in [6, 6.07) is 0. The molecule has 6 heteroatoms. The summed E-state index contributed by atoms with van der Waals surface area (Å²) in [6.45, 7) is 3.65. The van der Waals surface area contributed by atoms with Crippen LogP contribution in [0.15, 0.2) is 24.3 Å². The summed E-state index contributed by atoms with van der Waals surface area (Å²) in [6.07, 6.45) is 11.3. The highest BCUT2D eigenvalue weighted by atomic mass is 31.2. The molecule has 0 aliphatic rings. The van der Waals surface area contributed by atoms with Gasteiger partial charge in [0.25, 0.3) is 0 Å². The van der Waals surface area contributed by atoms with Crippen LogP contribution in [-0.4, -0.2) is 32.0 Å². The van der Waals surface area contributed by atoms with Gasteiger partial charge < -0.3 is 13.8 Å². The first kappa shape index (κ1) is 17.7. The highest BCUT2D eigenvalue weighted by Crippen LogP contribution is 2.48. The van der Waals surface area contributed by atoms with Crippen LogP contribution in [0.5, 0.6) is 0 Å². The number of esters is 1. The predicted molar refractivity (Wildman–Crippen MR) is 73.8 cm³/mol. The molecule has 0 spiro atoms. The molecule has 0 unspecified atom stereocenters. The van der Waals surface area contributed by atoms with E-state index in [0.29, 0.717) is 0 Å². The summed E-state index contributed by atoms with van der Waals surface area (Å²) < 4.78 is 27.2. The Hall–Kier alpha value is -1.34. The fraction of sp³-hybridized carbons (Fsp3) is 0.462. The molecule has 0 radical (unpaired) electrons.